The molecule has 34 heavy (non-hydrogen) atoms. The van der Waals surface area contributed by atoms with Crippen LogP contribution >= 0.6 is 0 Å². The average Bonchev–Trinajstić information content (AvgIpc) is 3.56. The number of alkyl halides is 3. The second kappa shape index (κ2) is 8.48. The Morgan fingerprint density at radius 1 is 0.941 bits per heavy atom. The third-order valence-corrected chi connectivity index (χ3v) is 7.09. The van der Waals surface area contributed by atoms with Crippen LogP contribution in [0.3, 0.4) is 0 Å². The molecule has 7 nitrogen and oxygen atoms in total. The predicted octanol–water partition coefficient (Wildman–Crippen LogP) is 3.59. The van der Waals surface area contributed by atoms with Crippen LogP contribution in [-0.2, 0) is 17.5 Å². The molecule has 2 aromatic rings. The summed E-state index contributed by atoms with van der Waals surface area (Å²) in [4.78, 5) is 43.9. The molecule has 3 amide bonds. The van der Waals surface area contributed by atoms with E-state index in [1.807, 2.05) is 17.0 Å². The fourth-order valence-corrected chi connectivity index (χ4v) is 5.24. The SMILES string of the molecule is O=C(C1CCCN1C(=O)c1ccc(C(F)(F)F)cc1)N1CCC(N2Cc3cccn3C2=O)CC1. The molecule has 3 aliphatic rings. The van der Waals surface area contributed by atoms with Crippen molar-refractivity contribution in [1.29, 1.82) is 0 Å². The normalized spacial score (nSPS) is 21.3. The van der Waals surface area contributed by atoms with E-state index in [9.17, 15) is 27.6 Å². The largest absolute Gasteiger partial charge is 0.416 e. The van der Waals surface area contributed by atoms with Gasteiger partial charge in [0.1, 0.15) is 6.04 Å². The fraction of sp³-hybridized carbons (Fsp3) is 0.458. The molecule has 10 heteroatoms. The van der Waals surface area contributed by atoms with Gasteiger partial charge >= 0.3 is 12.2 Å². The summed E-state index contributed by atoms with van der Waals surface area (Å²) in [6.45, 7) is 1.97. The van der Waals surface area contributed by atoms with E-state index in [0.717, 1.165) is 17.8 Å². The lowest BCUT2D eigenvalue weighted by Crippen LogP contribution is -2.52. The van der Waals surface area contributed by atoms with Crippen molar-refractivity contribution in [2.75, 3.05) is 19.6 Å². The second-order valence-corrected chi connectivity index (χ2v) is 9.07. The highest BCUT2D eigenvalue weighted by Crippen LogP contribution is 2.31. The van der Waals surface area contributed by atoms with Gasteiger partial charge in [-0.05, 0) is 62.1 Å². The number of benzene rings is 1. The number of hydrogen-bond donors (Lipinski definition) is 0. The number of likely N-dealkylation sites (tertiary alicyclic amines) is 2. The highest BCUT2D eigenvalue weighted by atomic mass is 19.4. The van der Waals surface area contributed by atoms with E-state index in [4.69, 9.17) is 0 Å². The summed E-state index contributed by atoms with van der Waals surface area (Å²) in [5, 5.41) is 0. The number of hydrogen-bond acceptors (Lipinski definition) is 3. The molecule has 1 atom stereocenters. The maximum absolute atomic E-state index is 13.3. The van der Waals surface area contributed by atoms with Gasteiger partial charge in [0.15, 0.2) is 0 Å². The Bertz CT molecular complexity index is 1100. The lowest BCUT2D eigenvalue weighted by molar-refractivity contribution is -0.137. The molecule has 3 aliphatic heterocycles. The zero-order valence-electron chi connectivity index (χ0n) is 18.5. The minimum atomic E-state index is -4.47. The maximum Gasteiger partial charge on any atom is 0.416 e. The van der Waals surface area contributed by atoms with Crippen molar-refractivity contribution in [3.63, 3.8) is 0 Å². The van der Waals surface area contributed by atoms with E-state index in [0.29, 0.717) is 51.9 Å². The maximum atomic E-state index is 13.3. The Morgan fingerprint density at radius 3 is 2.29 bits per heavy atom. The molecule has 4 heterocycles. The standard InChI is InChI=1S/C24H25F3N4O3/c25-24(26,27)17-7-5-16(6-8-17)21(32)30-12-2-4-20(30)22(33)28-13-9-18(10-14-28)31-15-19-3-1-11-29(19)23(31)34/h1,3,5-8,11,18,20H,2,4,9-10,12-15H2. The van der Waals surface area contributed by atoms with Crippen LogP contribution in [-0.4, -0.2) is 68.8 Å². The summed E-state index contributed by atoms with van der Waals surface area (Å²) in [7, 11) is 0. The first-order valence-corrected chi connectivity index (χ1v) is 11.5. The van der Waals surface area contributed by atoms with Gasteiger partial charge in [0.05, 0.1) is 12.1 Å². The Balaban J connectivity index is 1.20. The zero-order chi connectivity index (χ0) is 24.0. The molecule has 0 aliphatic carbocycles. The van der Waals surface area contributed by atoms with Crippen LogP contribution in [0.1, 0.15) is 47.3 Å². The van der Waals surface area contributed by atoms with Gasteiger partial charge in [-0.1, -0.05) is 0 Å². The molecule has 5 rings (SSSR count). The number of rotatable bonds is 3. The van der Waals surface area contributed by atoms with Crippen LogP contribution in [0.2, 0.25) is 0 Å². The van der Waals surface area contributed by atoms with Gasteiger partial charge in [-0.25, -0.2) is 4.79 Å². The second-order valence-electron chi connectivity index (χ2n) is 9.07. The monoisotopic (exact) mass is 474 g/mol. The number of fused-ring (bicyclic) bond motifs is 1. The first-order chi connectivity index (χ1) is 16.2. The third kappa shape index (κ3) is 3.95. The van der Waals surface area contributed by atoms with Gasteiger partial charge in [-0.15, -0.1) is 0 Å². The molecule has 0 bridgehead atoms. The first kappa shape index (κ1) is 22.5. The summed E-state index contributed by atoms with van der Waals surface area (Å²) in [5.74, 6) is -0.556. The molecule has 0 saturated carbocycles. The fourth-order valence-electron chi connectivity index (χ4n) is 5.24. The first-order valence-electron chi connectivity index (χ1n) is 11.5. The number of halogens is 3. The van der Waals surface area contributed by atoms with Crippen molar-refractivity contribution < 1.29 is 27.6 Å². The number of aromatic nitrogens is 1. The number of amides is 3. The molecule has 1 aromatic heterocycles. The number of nitrogens with zero attached hydrogens (tertiary/aromatic N) is 4. The lowest BCUT2D eigenvalue weighted by Gasteiger charge is -2.38. The molecule has 0 radical (unpaired) electrons. The minimum absolute atomic E-state index is 0.0334. The van der Waals surface area contributed by atoms with Crippen LogP contribution in [0.25, 0.3) is 0 Å². The van der Waals surface area contributed by atoms with Crippen molar-refractivity contribution in [3.05, 3.63) is 59.4 Å². The lowest BCUT2D eigenvalue weighted by atomic mass is 10.0. The Kier molecular flexibility index (Phi) is 5.61. The van der Waals surface area contributed by atoms with Gasteiger partial charge in [-0.3, -0.25) is 14.2 Å². The van der Waals surface area contributed by atoms with Crippen LogP contribution in [0.4, 0.5) is 18.0 Å². The quantitative estimate of drug-likeness (QED) is 0.683. The molecule has 2 saturated heterocycles. The van der Waals surface area contributed by atoms with E-state index in [1.54, 1.807) is 15.7 Å². The molecule has 2 fully saturated rings. The van der Waals surface area contributed by atoms with Crippen LogP contribution in [0.15, 0.2) is 42.6 Å². The van der Waals surface area contributed by atoms with Crippen molar-refractivity contribution >= 4 is 17.8 Å². The van der Waals surface area contributed by atoms with Crippen molar-refractivity contribution in [2.24, 2.45) is 0 Å². The molecule has 0 N–H and O–H groups in total. The molecule has 1 aromatic carbocycles. The average molecular weight is 474 g/mol. The zero-order valence-corrected chi connectivity index (χ0v) is 18.5. The Labute approximate surface area is 194 Å². The predicted molar refractivity (Wildman–Crippen MR) is 116 cm³/mol. The van der Waals surface area contributed by atoms with Crippen LogP contribution in [0, 0.1) is 0 Å². The summed E-state index contributed by atoms with van der Waals surface area (Å²) in [5.41, 5.74) is 0.292. The minimum Gasteiger partial charge on any atom is -0.341 e. The molecular formula is C24H25F3N4O3. The van der Waals surface area contributed by atoms with Gasteiger partial charge in [0.25, 0.3) is 5.91 Å². The topological polar surface area (TPSA) is 65.9 Å². The number of piperidine rings is 1. The van der Waals surface area contributed by atoms with Gasteiger partial charge in [0, 0.05) is 43.1 Å². The summed E-state index contributed by atoms with van der Waals surface area (Å²) in [6, 6.07) is 7.31. The Morgan fingerprint density at radius 2 is 1.65 bits per heavy atom. The summed E-state index contributed by atoms with van der Waals surface area (Å²) in [6.07, 6.45) is -0.170. The van der Waals surface area contributed by atoms with E-state index >= 15 is 0 Å². The van der Waals surface area contributed by atoms with E-state index < -0.39 is 23.7 Å². The van der Waals surface area contributed by atoms with E-state index in [-0.39, 0.29) is 23.5 Å². The smallest absolute Gasteiger partial charge is 0.341 e. The summed E-state index contributed by atoms with van der Waals surface area (Å²) >= 11 is 0. The van der Waals surface area contributed by atoms with Gasteiger partial charge < -0.3 is 14.7 Å². The van der Waals surface area contributed by atoms with E-state index in [1.165, 1.54) is 17.0 Å². The van der Waals surface area contributed by atoms with Gasteiger partial charge in [0.2, 0.25) is 5.91 Å². The molecule has 180 valence electrons. The number of carbonyl (C=O) groups is 3. The summed E-state index contributed by atoms with van der Waals surface area (Å²) < 4.78 is 40.1. The van der Waals surface area contributed by atoms with E-state index in [2.05, 4.69) is 0 Å². The van der Waals surface area contributed by atoms with Crippen molar-refractivity contribution in [2.45, 2.75) is 50.5 Å². The van der Waals surface area contributed by atoms with Gasteiger partial charge in [-0.2, -0.15) is 13.2 Å². The highest BCUT2D eigenvalue weighted by Gasteiger charge is 2.40. The third-order valence-electron chi connectivity index (χ3n) is 7.09. The Hall–Kier alpha value is -3.30. The molecule has 0 spiro atoms. The van der Waals surface area contributed by atoms with Crippen LogP contribution in [0.5, 0.6) is 0 Å². The highest BCUT2D eigenvalue weighted by molar-refractivity contribution is 5.98. The number of carbonyl (C=O) groups excluding carboxylic acids is 3. The van der Waals surface area contributed by atoms with Crippen LogP contribution < -0.4 is 0 Å². The molecule has 1 unspecified atom stereocenters. The molecular weight excluding hydrogens is 449 g/mol. The van der Waals surface area contributed by atoms with Crippen molar-refractivity contribution in [3.8, 4) is 0 Å². The van der Waals surface area contributed by atoms with Crippen molar-refractivity contribution in [1.82, 2.24) is 19.3 Å².